The molecule has 4 rings (SSSR count). The first kappa shape index (κ1) is 25.3. The van der Waals surface area contributed by atoms with Gasteiger partial charge in [-0.1, -0.05) is 6.07 Å². The second kappa shape index (κ2) is 11.3. The summed E-state index contributed by atoms with van der Waals surface area (Å²) in [5, 5.41) is 6.06. The maximum absolute atomic E-state index is 13.0. The highest BCUT2D eigenvalue weighted by atomic mass is 32.1. The fourth-order valence-electron chi connectivity index (χ4n) is 5.17. The summed E-state index contributed by atoms with van der Waals surface area (Å²) in [7, 11) is 0. The van der Waals surface area contributed by atoms with Gasteiger partial charge in [0.25, 0.3) is 0 Å². The molecular weight excluding hydrogens is 461 g/mol. The zero-order valence-corrected chi connectivity index (χ0v) is 20.4. The average molecular weight is 497 g/mol. The van der Waals surface area contributed by atoms with Crippen molar-refractivity contribution in [3.8, 4) is 0 Å². The Morgan fingerprint density at radius 3 is 2.53 bits per heavy atom. The fraction of sp³-hybridized carbons (Fsp3) is 0.640. The highest BCUT2D eigenvalue weighted by Crippen LogP contribution is 2.38. The van der Waals surface area contributed by atoms with E-state index in [4.69, 9.17) is 5.73 Å². The molecule has 188 valence electrons. The van der Waals surface area contributed by atoms with Crippen LogP contribution in [0, 0.1) is 5.92 Å². The van der Waals surface area contributed by atoms with E-state index in [1.54, 1.807) is 6.07 Å². The summed E-state index contributed by atoms with van der Waals surface area (Å²) in [5.74, 6) is 0.852. The van der Waals surface area contributed by atoms with E-state index in [1.165, 1.54) is 42.7 Å². The smallest absolute Gasteiger partial charge is 0.368 e. The van der Waals surface area contributed by atoms with Crippen LogP contribution < -0.4 is 16.0 Å². The van der Waals surface area contributed by atoms with Crippen molar-refractivity contribution in [3.05, 3.63) is 29.1 Å². The van der Waals surface area contributed by atoms with E-state index >= 15 is 0 Å². The number of amides is 1. The van der Waals surface area contributed by atoms with Crippen molar-refractivity contribution in [3.63, 3.8) is 0 Å². The average Bonchev–Trinajstić information content (AvgIpc) is 3.25. The normalized spacial score (nSPS) is 22.3. The van der Waals surface area contributed by atoms with Crippen LogP contribution in [0.4, 0.5) is 18.9 Å². The number of thiophene rings is 1. The van der Waals surface area contributed by atoms with Crippen LogP contribution in [0.1, 0.15) is 50.5 Å². The molecule has 0 spiro atoms. The lowest BCUT2D eigenvalue weighted by atomic mass is 9.84. The second-order valence-corrected chi connectivity index (χ2v) is 10.5. The van der Waals surface area contributed by atoms with E-state index in [1.807, 2.05) is 5.38 Å². The Morgan fingerprint density at radius 1 is 1.12 bits per heavy atom. The van der Waals surface area contributed by atoms with Gasteiger partial charge in [-0.15, -0.1) is 11.3 Å². The van der Waals surface area contributed by atoms with E-state index < -0.39 is 11.7 Å². The van der Waals surface area contributed by atoms with Crippen LogP contribution in [-0.2, 0) is 11.0 Å². The summed E-state index contributed by atoms with van der Waals surface area (Å²) in [6.07, 6.45) is 2.62. The minimum atomic E-state index is -4.30. The van der Waals surface area contributed by atoms with Crippen LogP contribution >= 0.6 is 11.3 Å². The van der Waals surface area contributed by atoms with Gasteiger partial charge in [0.2, 0.25) is 5.91 Å². The topological polar surface area (TPSA) is 61.6 Å². The largest absolute Gasteiger partial charge is 0.416 e. The number of fused-ring (bicyclic) bond motifs is 1. The van der Waals surface area contributed by atoms with E-state index in [-0.39, 0.29) is 5.91 Å². The highest BCUT2D eigenvalue weighted by molar-refractivity contribution is 7.17. The Labute approximate surface area is 203 Å². The molecular formula is C25H35F3N4OS. The van der Waals surface area contributed by atoms with Crippen LogP contribution in [0.15, 0.2) is 23.6 Å². The number of hydrogen-bond donors (Lipinski definition) is 2. The van der Waals surface area contributed by atoms with Crippen molar-refractivity contribution in [1.29, 1.82) is 0 Å². The van der Waals surface area contributed by atoms with E-state index in [0.29, 0.717) is 23.7 Å². The van der Waals surface area contributed by atoms with Gasteiger partial charge in [-0.05, 0) is 69.7 Å². The molecule has 1 amide bonds. The summed E-state index contributed by atoms with van der Waals surface area (Å²) in [6, 6.07) is 4.39. The molecule has 9 heteroatoms. The first-order chi connectivity index (χ1) is 16.3. The highest BCUT2D eigenvalue weighted by Gasteiger charge is 2.31. The van der Waals surface area contributed by atoms with E-state index in [2.05, 4.69) is 15.1 Å². The molecule has 0 bridgehead atoms. The summed E-state index contributed by atoms with van der Waals surface area (Å²) in [6.45, 7) is 5.39. The van der Waals surface area contributed by atoms with Gasteiger partial charge in [0.15, 0.2) is 0 Å². The van der Waals surface area contributed by atoms with Gasteiger partial charge in [-0.3, -0.25) is 9.69 Å². The van der Waals surface area contributed by atoms with Gasteiger partial charge in [0.05, 0.1) is 11.3 Å². The van der Waals surface area contributed by atoms with Crippen LogP contribution in [0.5, 0.6) is 0 Å². The number of piperazine rings is 1. The molecule has 1 aromatic heterocycles. The molecule has 2 heterocycles. The summed E-state index contributed by atoms with van der Waals surface area (Å²) in [5.41, 5.74) is 5.95. The van der Waals surface area contributed by atoms with Crippen LogP contribution in [-0.4, -0.2) is 56.1 Å². The van der Waals surface area contributed by atoms with Gasteiger partial charge in [0.1, 0.15) is 0 Å². The monoisotopic (exact) mass is 496 g/mol. The zero-order valence-electron chi connectivity index (χ0n) is 19.6. The third-order valence-electron chi connectivity index (χ3n) is 7.27. The standard InChI is InChI=1S/C25H35F3N4OS/c26-25(27,28)19-5-8-21-22(17-34-23(21)16-19)32-14-12-31(13-15-32)11-9-18-3-6-20(7-4-18)30-24(33)2-1-10-29/h5,8,16-18,20H,1-4,6-7,9-15,29H2,(H,30,33)/t18-,20-. The number of alkyl halides is 3. The fourth-order valence-corrected chi connectivity index (χ4v) is 6.18. The number of carbonyl (C=O) groups is 1. The van der Waals surface area contributed by atoms with Crippen LogP contribution in [0.2, 0.25) is 0 Å². The Bertz CT molecular complexity index is 947. The third kappa shape index (κ3) is 6.43. The molecule has 1 saturated heterocycles. The SMILES string of the molecule is NCCCC(=O)N[C@H]1CC[C@H](CCN2CCN(c3csc4cc(C(F)(F)F)ccc34)CC2)CC1. The quantitative estimate of drug-likeness (QED) is 0.549. The number of halogens is 3. The predicted molar refractivity (Wildman–Crippen MR) is 132 cm³/mol. The minimum Gasteiger partial charge on any atom is -0.368 e. The van der Waals surface area contributed by atoms with Gasteiger partial charge < -0.3 is 16.0 Å². The van der Waals surface area contributed by atoms with Crippen molar-refractivity contribution in [2.24, 2.45) is 11.7 Å². The molecule has 1 aliphatic heterocycles. The Morgan fingerprint density at radius 2 is 1.85 bits per heavy atom. The molecule has 5 nitrogen and oxygen atoms in total. The molecule has 0 radical (unpaired) electrons. The zero-order chi connectivity index (χ0) is 24.1. The van der Waals surface area contributed by atoms with E-state index in [9.17, 15) is 18.0 Å². The van der Waals surface area contributed by atoms with E-state index in [0.717, 1.165) is 69.0 Å². The van der Waals surface area contributed by atoms with Crippen molar-refractivity contribution in [2.45, 2.75) is 57.2 Å². The third-order valence-corrected chi connectivity index (χ3v) is 8.20. The van der Waals surface area contributed by atoms with Gasteiger partial charge in [0, 0.05) is 54.1 Å². The first-order valence-electron chi connectivity index (χ1n) is 12.4. The van der Waals surface area contributed by atoms with Gasteiger partial charge >= 0.3 is 6.18 Å². The van der Waals surface area contributed by atoms with Crippen molar-refractivity contribution >= 4 is 33.0 Å². The molecule has 0 atom stereocenters. The van der Waals surface area contributed by atoms with Crippen molar-refractivity contribution in [1.82, 2.24) is 10.2 Å². The number of nitrogens with two attached hydrogens (primary N) is 1. The lowest BCUT2D eigenvalue weighted by Gasteiger charge is -2.37. The summed E-state index contributed by atoms with van der Waals surface area (Å²) < 4.78 is 39.7. The lowest BCUT2D eigenvalue weighted by Crippen LogP contribution is -2.47. The molecule has 0 unspecified atom stereocenters. The first-order valence-corrected chi connectivity index (χ1v) is 13.3. The molecule has 1 saturated carbocycles. The second-order valence-electron chi connectivity index (χ2n) is 9.62. The number of rotatable bonds is 8. The van der Waals surface area contributed by atoms with Gasteiger partial charge in [-0.2, -0.15) is 13.2 Å². The molecule has 1 aliphatic carbocycles. The number of hydrogen-bond acceptors (Lipinski definition) is 5. The summed E-state index contributed by atoms with van der Waals surface area (Å²) in [4.78, 5) is 16.7. The Hall–Kier alpha value is -1.84. The van der Waals surface area contributed by atoms with Gasteiger partial charge in [-0.25, -0.2) is 0 Å². The lowest BCUT2D eigenvalue weighted by molar-refractivity contribution is -0.137. The number of benzene rings is 1. The van der Waals surface area contributed by atoms with Crippen LogP contribution in [0.3, 0.4) is 0 Å². The molecule has 2 aromatic rings. The molecule has 2 fully saturated rings. The maximum atomic E-state index is 13.0. The minimum absolute atomic E-state index is 0.131. The molecule has 34 heavy (non-hydrogen) atoms. The Balaban J connectivity index is 1.19. The van der Waals surface area contributed by atoms with Crippen molar-refractivity contribution < 1.29 is 18.0 Å². The predicted octanol–water partition coefficient (Wildman–Crippen LogP) is 4.85. The number of anilines is 1. The Kier molecular flexibility index (Phi) is 8.37. The molecule has 1 aromatic carbocycles. The van der Waals surface area contributed by atoms with Crippen molar-refractivity contribution in [2.75, 3.05) is 44.2 Å². The number of nitrogens with one attached hydrogen (secondary N) is 1. The summed E-state index contributed by atoms with van der Waals surface area (Å²) >= 11 is 1.39. The number of nitrogens with zero attached hydrogens (tertiary/aromatic N) is 2. The maximum Gasteiger partial charge on any atom is 0.416 e. The number of carbonyl (C=O) groups excluding carboxylic acids is 1. The molecule has 2 aliphatic rings. The molecule has 3 N–H and O–H groups in total. The van der Waals surface area contributed by atoms with Crippen LogP contribution in [0.25, 0.3) is 10.1 Å².